The smallest absolute Gasteiger partial charge is 0.223 e. The number of carbonyl (C=O) groups excluding carboxylic acids is 2. The molecule has 6 atom stereocenters. The Morgan fingerprint density at radius 3 is 1.12 bits per heavy atom. The monoisotopic (exact) mass is 1900 g/mol. The SMILES string of the molecule is CC(C)(C)n1cc(-c2cc(O)c3c(Br)cnn3c2)cn1.CC(C)(C)n1cc(-c2cc(O)c3ccnn3c2)cn1.COc1ccc([C@@H](C)N2C[C@H]([C@@H](C)Oc3cc(-c4cnn(C(C)(C)C)c4)cn4ncc(Br)c34)CC2=O)cc1.COc1ccc([C@@H](C)N2C[C@H]([C@@H](C)Oc3cc(-c4cnn(C(C)(C)C)c4)cn4ncc(C)c34)CC2=O)cc1.Oc1cc(Br)cn2nccc12. The van der Waals surface area contributed by atoms with Gasteiger partial charge in [0.15, 0.2) is 0 Å². The van der Waals surface area contributed by atoms with Crippen LogP contribution in [0.3, 0.4) is 0 Å². The Bertz CT molecular complexity index is 6340. The molecular weight excluding hydrogens is 1790 g/mol. The number of aromatic hydroxyl groups is 3. The lowest BCUT2D eigenvalue weighted by Gasteiger charge is -2.27. The highest BCUT2D eigenvalue weighted by atomic mass is 79.9. The van der Waals surface area contributed by atoms with Crippen molar-refractivity contribution in [2.45, 2.75) is 177 Å². The van der Waals surface area contributed by atoms with Crippen LogP contribution in [0, 0.1) is 18.8 Å². The Kier molecular flexibility index (Phi) is 26.0. The van der Waals surface area contributed by atoms with Gasteiger partial charge in [-0.1, -0.05) is 24.3 Å². The number of halogens is 3. The Morgan fingerprint density at radius 2 is 0.722 bits per heavy atom. The number of aromatic nitrogens is 18. The standard InChI is InChI=1S/C30H37N5O3.C29H34BrN5O3.C14H15BrN4O.C14H16N4O.C7H5BrN2O/c1-19-14-31-34-17-24(25-15-32-35(18-25)30(4,5)6)12-27(29(19)34)38-21(3)23-13-28(36)33(16-23)20(2)22-8-10-26(37-7)11-9-22;1-18(20-7-9-24(37-6)10-8-20)33-15-21(12-27(33)36)19(2)38-26-11-22(16-34-28(26)25(30)14-31-34)23-13-32-35(17-23)29(3,4)5;1-14(2,3)19-8-10(5-17-19)9-4-12(20)13-11(15)6-16-18(13)7-9;1-14(2,3)18-9-11(7-16-18)10-6-13(19)12-4-5-15-17(12)8-10;8-5-3-7(11)6-1-2-9-10(6)4-5/h8-12,14-15,17-18,20-21,23H,13,16H2,1-7H3;7-11,13-14,16-19,21H,12,15H2,1-6H3;4-8,20H,1-3H3;4-9,19H,1-3H3;1-4,11H/t20-,21-,23-;18-,19-,21-;;;/m11.../s1. The first-order chi connectivity index (χ1) is 59.7. The maximum absolute atomic E-state index is 13.0. The van der Waals surface area contributed by atoms with Crippen LogP contribution in [0.15, 0.2) is 216 Å². The number of pyridine rings is 5. The summed E-state index contributed by atoms with van der Waals surface area (Å²) in [5.41, 5.74) is 14.4. The summed E-state index contributed by atoms with van der Waals surface area (Å²) in [5.74, 6) is 4.19. The summed E-state index contributed by atoms with van der Waals surface area (Å²) >= 11 is 10.2. The van der Waals surface area contributed by atoms with E-state index >= 15 is 0 Å². The first-order valence-corrected chi connectivity index (χ1v) is 44.0. The molecule has 2 saturated heterocycles. The minimum Gasteiger partial charge on any atom is -0.506 e. The van der Waals surface area contributed by atoms with Crippen LogP contribution in [-0.4, -0.2) is 164 Å². The Balaban J connectivity index is 0.000000136. The van der Waals surface area contributed by atoms with Crippen LogP contribution in [0.25, 0.3) is 72.1 Å². The second-order valence-electron chi connectivity index (χ2n) is 35.9. The third kappa shape index (κ3) is 19.8. The predicted molar refractivity (Wildman–Crippen MR) is 496 cm³/mol. The largest absolute Gasteiger partial charge is 0.506 e. The van der Waals surface area contributed by atoms with Crippen molar-refractivity contribution in [3.63, 3.8) is 0 Å². The Morgan fingerprint density at radius 1 is 0.381 bits per heavy atom. The normalized spacial score (nSPS) is 15.4. The highest BCUT2D eigenvalue weighted by molar-refractivity contribution is 9.11. The zero-order valence-corrected chi connectivity index (χ0v) is 79.0. The molecule has 0 aliphatic carbocycles. The molecule has 0 unspecified atom stereocenters. The van der Waals surface area contributed by atoms with Crippen molar-refractivity contribution in [2.24, 2.45) is 11.8 Å². The minimum absolute atomic E-state index is 0.0166. The van der Waals surface area contributed by atoms with Gasteiger partial charge in [-0.15, -0.1) is 0 Å². The van der Waals surface area contributed by atoms with Gasteiger partial charge < -0.3 is 44.1 Å². The molecule has 2 aliphatic rings. The fourth-order valence-corrected chi connectivity index (χ4v) is 16.5. The van der Waals surface area contributed by atoms with Crippen LogP contribution in [0.5, 0.6) is 40.2 Å². The molecule has 126 heavy (non-hydrogen) atoms. The van der Waals surface area contributed by atoms with Gasteiger partial charge in [0.2, 0.25) is 11.8 Å². The van der Waals surface area contributed by atoms with Gasteiger partial charge in [-0.3, -0.25) is 28.3 Å². The maximum atomic E-state index is 13.0. The summed E-state index contributed by atoms with van der Waals surface area (Å²) < 4.78 is 42.6. The summed E-state index contributed by atoms with van der Waals surface area (Å²) in [5, 5.41) is 68.7. The number of likely N-dealkylation sites (tertiary alicyclic amines) is 2. The minimum atomic E-state index is -0.176. The Hall–Kier alpha value is -12.3. The van der Waals surface area contributed by atoms with E-state index in [-0.39, 0.29) is 87.3 Å². The van der Waals surface area contributed by atoms with E-state index in [9.17, 15) is 24.9 Å². The third-order valence-electron chi connectivity index (χ3n) is 22.7. The van der Waals surface area contributed by atoms with Gasteiger partial charge in [-0.05, 0) is 249 Å². The van der Waals surface area contributed by atoms with Crippen LogP contribution in [0.2, 0.25) is 0 Å². The number of hydrogen-bond donors (Lipinski definition) is 3. The number of carbonyl (C=O) groups is 2. The van der Waals surface area contributed by atoms with E-state index in [1.807, 2.05) is 168 Å². The first-order valence-electron chi connectivity index (χ1n) is 41.6. The average molecular weight is 1900 g/mol. The van der Waals surface area contributed by atoms with Crippen molar-refractivity contribution in [3.05, 3.63) is 233 Å². The van der Waals surface area contributed by atoms with E-state index < -0.39 is 0 Å². The molecule has 3 N–H and O–H groups in total. The molecule has 0 bridgehead atoms. The van der Waals surface area contributed by atoms with Gasteiger partial charge in [-0.2, -0.15) is 45.9 Å². The Labute approximate surface area is 756 Å². The van der Waals surface area contributed by atoms with Crippen molar-refractivity contribution >= 4 is 87.2 Å². The zero-order valence-electron chi connectivity index (χ0n) is 74.2. The van der Waals surface area contributed by atoms with Crippen molar-refractivity contribution < 1.29 is 43.9 Å². The molecule has 0 saturated carbocycles. The lowest BCUT2D eigenvalue weighted by atomic mass is 10.0. The van der Waals surface area contributed by atoms with Gasteiger partial charge in [0.05, 0.1) is 113 Å². The van der Waals surface area contributed by atoms with E-state index in [0.29, 0.717) is 42.5 Å². The van der Waals surface area contributed by atoms with E-state index in [1.54, 1.807) is 101 Å². The number of aryl methyl sites for hydroxylation is 1. The van der Waals surface area contributed by atoms with Crippen LogP contribution >= 0.6 is 47.8 Å². The number of rotatable bonds is 16. The number of fused-ring (bicyclic) bond motifs is 5. The number of benzene rings is 2. The van der Waals surface area contributed by atoms with Gasteiger partial charge >= 0.3 is 0 Å². The summed E-state index contributed by atoms with van der Waals surface area (Å²) in [6.45, 7) is 36.9. The summed E-state index contributed by atoms with van der Waals surface area (Å²) in [6.07, 6.45) is 34.1. The second kappa shape index (κ2) is 36.3. The average Bonchev–Trinajstić information content (AvgIpc) is 1.56. The molecule has 0 spiro atoms. The van der Waals surface area contributed by atoms with Crippen molar-refractivity contribution in [3.8, 4) is 84.8 Å². The summed E-state index contributed by atoms with van der Waals surface area (Å²) in [4.78, 5) is 30.0. The molecule has 14 aromatic heterocycles. The number of amides is 2. The molecule has 2 fully saturated rings. The van der Waals surface area contributed by atoms with Crippen LogP contribution in [0.1, 0.15) is 152 Å². The number of hydrogen-bond acceptors (Lipinski definition) is 18. The van der Waals surface area contributed by atoms with E-state index in [1.165, 1.54) is 0 Å². The molecule has 29 nitrogen and oxygen atoms in total. The highest BCUT2D eigenvalue weighted by Gasteiger charge is 2.39. The third-order valence-corrected chi connectivity index (χ3v) is 24.2. The lowest BCUT2D eigenvalue weighted by molar-refractivity contribution is -0.130. The maximum Gasteiger partial charge on any atom is 0.223 e. The van der Waals surface area contributed by atoms with Crippen molar-refractivity contribution in [1.82, 2.24) is 97.0 Å². The summed E-state index contributed by atoms with van der Waals surface area (Å²) in [6, 6.07) is 28.5. The first kappa shape index (κ1) is 90.0. The number of methoxy groups -OCH3 is 2. The van der Waals surface area contributed by atoms with E-state index in [4.69, 9.17) is 18.9 Å². The van der Waals surface area contributed by atoms with Crippen LogP contribution in [-0.2, 0) is 31.7 Å². The molecule has 18 rings (SSSR count). The van der Waals surface area contributed by atoms with Crippen LogP contribution < -0.4 is 18.9 Å². The molecule has 32 heteroatoms. The second-order valence-corrected chi connectivity index (χ2v) is 38.5. The molecular formula is C94H107Br3N20O9. The molecule has 16 heterocycles. The zero-order chi connectivity index (χ0) is 90.3. The molecule has 2 aliphatic heterocycles. The quantitative estimate of drug-likeness (QED) is 0.0810. The fourth-order valence-electron chi connectivity index (χ4n) is 15.1. The predicted octanol–water partition coefficient (Wildman–Crippen LogP) is 19.6. The molecule has 2 aromatic carbocycles. The van der Waals surface area contributed by atoms with Crippen molar-refractivity contribution in [2.75, 3.05) is 27.3 Å². The van der Waals surface area contributed by atoms with Gasteiger partial charge in [0, 0.05) is 143 Å². The highest BCUT2D eigenvalue weighted by Crippen LogP contribution is 2.41. The van der Waals surface area contributed by atoms with Gasteiger partial charge in [-0.25, -0.2) is 22.6 Å². The van der Waals surface area contributed by atoms with E-state index in [0.717, 1.165) is 109 Å². The van der Waals surface area contributed by atoms with E-state index in [2.05, 4.69) is 210 Å². The molecule has 0 radical (unpaired) electrons. The van der Waals surface area contributed by atoms with Crippen LogP contribution in [0.4, 0.5) is 0 Å². The molecule has 2 amide bonds. The topological polar surface area (TPSA) is 296 Å². The van der Waals surface area contributed by atoms with Crippen molar-refractivity contribution in [1.29, 1.82) is 0 Å². The number of ether oxygens (including phenoxy) is 4. The van der Waals surface area contributed by atoms with Gasteiger partial charge in [0.25, 0.3) is 0 Å². The fraction of sp³-hybridized carbons (Fsp3) is 0.351. The number of nitrogens with zero attached hydrogens (tertiary/aromatic N) is 20. The molecule has 658 valence electrons. The van der Waals surface area contributed by atoms with Gasteiger partial charge in [0.1, 0.15) is 80.0 Å². The summed E-state index contributed by atoms with van der Waals surface area (Å²) in [7, 11) is 3.31. The lowest BCUT2D eigenvalue weighted by Crippen LogP contribution is -2.31. The molecule has 16 aromatic rings.